The number of amides is 1. The van der Waals surface area contributed by atoms with Crippen molar-refractivity contribution < 1.29 is 9.63 Å². The van der Waals surface area contributed by atoms with Crippen molar-refractivity contribution in [3.8, 4) is 0 Å². The molecule has 2 atom stereocenters. The SMILES string of the molecule is O=C1NCC2ON=C(c3ccccc3)C12. The molecule has 15 heavy (non-hydrogen) atoms. The Hall–Kier alpha value is -1.84. The van der Waals surface area contributed by atoms with E-state index < -0.39 is 0 Å². The molecule has 0 aromatic heterocycles. The molecule has 4 heteroatoms. The molecule has 2 unspecified atom stereocenters. The predicted molar refractivity (Wildman–Crippen MR) is 54.4 cm³/mol. The van der Waals surface area contributed by atoms with Gasteiger partial charge in [-0.2, -0.15) is 0 Å². The Morgan fingerprint density at radius 3 is 2.93 bits per heavy atom. The predicted octanol–water partition coefficient (Wildman–Crippen LogP) is 0.535. The van der Waals surface area contributed by atoms with Crippen LogP contribution in [0, 0.1) is 5.92 Å². The van der Waals surface area contributed by atoms with E-state index in [1.165, 1.54) is 0 Å². The fraction of sp³-hybridized carbons (Fsp3) is 0.273. The first kappa shape index (κ1) is 8.47. The Morgan fingerprint density at radius 2 is 2.13 bits per heavy atom. The van der Waals surface area contributed by atoms with Crippen LogP contribution in [0.3, 0.4) is 0 Å². The highest BCUT2D eigenvalue weighted by atomic mass is 16.6. The summed E-state index contributed by atoms with van der Waals surface area (Å²) >= 11 is 0. The van der Waals surface area contributed by atoms with E-state index in [0.717, 1.165) is 11.3 Å². The summed E-state index contributed by atoms with van der Waals surface area (Å²) in [5.74, 6) is -0.215. The van der Waals surface area contributed by atoms with Crippen LogP contribution in [0.5, 0.6) is 0 Å². The summed E-state index contributed by atoms with van der Waals surface area (Å²) in [7, 11) is 0. The highest BCUT2D eigenvalue weighted by Gasteiger charge is 2.44. The standard InChI is InChI=1S/C11H10N2O2/c14-11-9-8(6-12-11)15-13-10(9)7-4-2-1-3-5-7/h1-5,8-9H,6H2,(H,12,14). The molecule has 1 N–H and O–H groups in total. The lowest BCUT2D eigenvalue weighted by atomic mass is 9.94. The highest BCUT2D eigenvalue weighted by molar-refractivity contribution is 6.15. The van der Waals surface area contributed by atoms with Gasteiger partial charge < -0.3 is 10.2 Å². The Kier molecular flexibility index (Phi) is 1.74. The number of nitrogens with one attached hydrogen (secondary N) is 1. The smallest absolute Gasteiger partial charge is 0.233 e. The molecule has 2 heterocycles. The summed E-state index contributed by atoms with van der Waals surface area (Å²) < 4.78 is 0. The summed E-state index contributed by atoms with van der Waals surface area (Å²) in [4.78, 5) is 16.8. The second-order valence-corrected chi connectivity index (χ2v) is 3.71. The van der Waals surface area contributed by atoms with Crippen LogP contribution in [0.2, 0.25) is 0 Å². The molecule has 0 saturated carbocycles. The van der Waals surface area contributed by atoms with Crippen LogP contribution < -0.4 is 5.32 Å². The van der Waals surface area contributed by atoms with Gasteiger partial charge in [-0.25, -0.2) is 0 Å². The molecule has 3 rings (SSSR count). The van der Waals surface area contributed by atoms with Crippen molar-refractivity contribution in [2.75, 3.05) is 6.54 Å². The monoisotopic (exact) mass is 202 g/mol. The summed E-state index contributed by atoms with van der Waals surface area (Å²) in [6.45, 7) is 0.559. The summed E-state index contributed by atoms with van der Waals surface area (Å²) in [5.41, 5.74) is 1.71. The van der Waals surface area contributed by atoms with Crippen molar-refractivity contribution in [2.24, 2.45) is 11.1 Å². The third-order valence-corrected chi connectivity index (χ3v) is 2.78. The van der Waals surface area contributed by atoms with Crippen LogP contribution in [0.1, 0.15) is 5.56 Å². The molecular weight excluding hydrogens is 192 g/mol. The van der Waals surface area contributed by atoms with Crippen LogP contribution >= 0.6 is 0 Å². The number of hydrogen-bond donors (Lipinski definition) is 1. The van der Waals surface area contributed by atoms with Gasteiger partial charge in [-0.3, -0.25) is 4.79 Å². The Bertz CT molecular complexity index is 427. The topological polar surface area (TPSA) is 50.7 Å². The summed E-state index contributed by atoms with van der Waals surface area (Å²) in [6.07, 6.45) is -0.118. The van der Waals surface area contributed by atoms with Crippen LogP contribution in [0.4, 0.5) is 0 Å². The fourth-order valence-electron chi connectivity index (χ4n) is 2.02. The summed E-state index contributed by atoms with van der Waals surface area (Å²) in [5, 5.41) is 6.77. The lowest BCUT2D eigenvalue weighted by Crippen LogP contribution is -2.26. The largest absolute Gasteiger partial charge is 0.389 e. The van der Waals surface area contributed by atoms with Crippen molar-refractivity contribution in [3.05, 3.63) is 35.9 Å². The Labute approximate surface area is 86.9 Å². The average molecular weight is 202 g/mol. The van der Waals surface area contributed by atoms with Gasteiger partial charge in [0.05, 0.1) is 6.54 Å². The normalized spacial score (nSPS) is 28.0. The van der Waals surface area contributed by atoms with Gasteiger partial charge in [-0.15, -0.1) is 0 Å². The number of fused-ring (bicyclic) bond motifs is 1. The van der Waals surface area contributed by atoms with Crippen LogP contribution in [0.25, 0.3) is 0 Å². The van der Waals surface area contributed by atoms with E-state index in [4.69, 9.17) is 4.84 Å². The van der Waals surface area contributed by atoms with Crippen LogP contribution in [-0.4, -0.2) is 24.3 Å². The fourth-order valence-corrected chi connectivity index (χ4v) is 2.02. The molecule has 76 valence electrons. The average Bonchev–Trinajstić information content (AvgIpc) is 2.84. The zero-order chi connectivity index (χ0) is 10.3. The second-order valence-electron chi connectivity index (χ2n) is 3.71. The molecule has 2 aliphatic heterocycles. The molecule has 0 spiro atoms. The molecule has 1 fully saturated rings. The first-order chi connectivity index (χ1) is 7.36. The van der Waals surface area contributed by atoms with Crippen molar-refractivity contribution >= 4 is 11.6 Å². The molecular formula is C11H10N2O2. The second kappa shape index (κ2) is 3.08. The van der Waals surface area contributed by atoms with E-state index >= 15 is 0 Å². The molecule has 0 aliphatic carbocycles. The number of carbonyl (C=O) groups excluding carboxylic acids is 1. The Morgan fingerprint density at radius 1 is 1.33 bits per heavy atom. The van der Waals surface area contributed by atoms with Crippen molar-refractivity contribution in [1.29, 1.82) is 0 Å². The van der Waals surface area contributed by atoms with Gasteiger partial charge in [-0.1, -0.05) is 35.5 Å². The van der Waals surface area contributed by atoms with E-state index in [0.29, 0.717) is 6.54 Å². The molecule has 4 nitrogen and oxygen atoms in total. The number of carbonyl (C=O) groups is 1. The summed E-state index contributed by atoms with van der Waals surface area (Å²) in [6, 6.07) is 9.68. The highest BCUT2D eigenvalue weighted by Crippen LogP contribution is 2.26. The zero-order valence-electron chi connectivity index (χ0n) is 8.01. The first-order valence-electron chi connectivity index (χ1n) is 4.93. The third-order valence-electron chi connectivity index (χ3n) is 2.78. The molecule has 1 saturated heterocycles. The minimum Gasteiger partial charge on any atom is -0.389 e. The number of nitrogens with zero attached hydrogens (tertiary/aromatic N) is 1. The van der Waals surface area contributed by atoms with Gasteiger partial charge in [0.25, 0.3) is 0 Å². The quantitative estimate of drug-likeness (QED) is 0.722. The van der Waals surface area contributed by atoms with E-state index in [1.807, 2.05) is 30.3 Å². The maximum Gasteiger partial charge on any atom is 0.233 e. The molecule has 1 aromatic rings. The molecule has 0 radical (unpaired) electrons. The van der Waals surface area contributed by atoms with Gasteiger partial charge in [0.15, 0.2) is 6.10 Å². The third kappa shape index (κ3) is 1.21. The van der Waals surface area contributed by atoms with Gasteiger partial charge in [0, 0.05) is 5.56 Å². The molecule has 1 aromatic carbocycles. The van der Waals surface area contributed by atoms with Crippen LogP contribution in [0.15, 0.2) is 35.5 Å². The maximum absolute atomic E-state index is 11.6. The van der Waals surface area contributed by atoms with E-state index in [9.17, 15) is 4.79 Å². The van der Waals surface area contributed by atoms with Crippen LogP contribution in [-0.2, 0) is 9.63 Å². The molecule has 1 amide bonds. The molecule has 0 bridgehead atoms. The number of benzene rings is 1. The van der Waals surface area contributed by atoms with Gasteiger partial charge in [0.1, 0.15) is 11.6 Å². The minimum absolute atomic E-state index is 0.0140. The van der Waals surface area contributed by atoms with E-state index in [-0.39, 0.29) is 17.9 Å². The lowest BCUT2D eigenvalue weighted by Gasteiger charge is -2.05. The molecule has 2 aliphatic rings. The number of oxime groups is 1. The maximum atomic E-state index is 11.6. The number of hydrogen-bond acceptors (Lipinski definition) is 3. The van der Waals surface area contributed by atoms with Crippen molar-refractivity contribution in [1.82, 2.24) is 5.32 Å². The van der Waals surface area contributed by atoms with Gasteiger partial charge in [-0.05, 0) is 0 Å². The first-order valence-corrected chi connectivity index (χ1v) is 4.93. The van der Waals surface area contributed by atoms with Gasteiger partial charge in [0.2, 0.25) is 5.91 Å². The van der Waals surface area contributed by atoms with E-state index in [2.05, 4.69) is 10.5 Å². The van der Waals surface area contributed by atoms with E-state index in [1.54, 1.807) is 0 Å². The van der Waals surface area contributed by atoms with Crippen molar-refractivity contribution in [2.45, 2.75) is 6.10 Å². The lowest BCUT2D eigenvalue weighted by molar-refractivity contribution is -0.121. The van der Waals surface area contributed by atoms with Gasteiger partial charge >= 0.3 is 0 Å². The Balaban J connectivity index is 1.98. The van der Waals surface area contributed by atoms with Crippen molar-refractivity contribution in [3.63, 3.8) is 0 Å². The zero-order valence-corrected chi connectivity index (χ0v) is 8.01. The minimum atomic E-state index is -0.229. The number of rotatable bonds is 1.